The molecule has 60 valence electrons. The van der Waals surface area contributed by atoms with E-state index in [1.165, 1.54) is 0 Å². The van der Waals surface area contributed by atoms with E-state index in [4.69, 9.17) is 0 Å². The van der Waals surface area contributed by atoms with E-state index in [0.29, 0.717) is 19.4 Å². The summed E-state index contributed by atoms with van der Waals surface area (Å²) in [5, 5.41) is 22.0. The maximum absolute atomic E-state index is 9.66. The number of β-amino-alcohol motifs (C(OH)–C–C–N with tert-alkyl or cyclic N) is 1. The maximum atomic E-state index is 9.66. The van der Waals surface area contributed by atoms with Crippen LogP contribution in [0, 0.1) is 0 Å². The van der Waals surface area contributed by atoms with Crippen LogP contribution < -0.4 is 5.32 Å². The van der Waals surface area contributed by atoms with E-state index in [2.05, 4.69) is 5.32 Å². The lowest BCUT2D eigenvalue weighted by Gasteiger charge is -2.36. The van der Waals surface area contributed by atoms with Crippen LogP contribution in [0.5, 0.6) is 0 Å². The van der Waals surface area contributed by atoms with E-state index < -0.39 is 11.7 Å². The van der Waals surface area contributed by atoms with Crippen LogP contribution in [0.3, 0.4) is 0 Å². The fourth-order valence-electron chi connectivity index (χ4n) is 1.31. The van der Waals surface area contributed by atoms with Crippen molar-refractivity contribution in [1.82, 2.24) is 5.32 Å². The molecule has 3 heteroatoms. The Morgan fingerprint density at radius 2 is 2.40 bits per heavy atom. The standard InChI is InChI=1S/C7H15NO2/c1-2-7(10)3-4-8-5-6(7)9/h6,8-10H,2-5H2,1H3/t6-,7+/m1/s1. The molecule has 1 fully saturated rings. The van der Waals surface area contributed by atoms with Crippen LogP contribution in [-0.4, -0.2) is 35.0 Å². The second-order valence-corrected chi connectivity index (χ2v) is 2.93. The Morgan fingerprint density at radius 3 is 2.80 bits per heavy atom. The summed E-state index contributed by atoms with van der Waals surface area (Å²) < 4.78 is 0. The maximum Gasteiger partial charge on any atom is 0.0951 e. The third kappa shape index (κ3) is 1.31. The molecule has 0 saturated carbocycles. The van der Waals surface area contributed by atoms with Crippen molar-refractivity contribution >= 4 is 0 Å². The smallest absolute Gasteiger partial charge is 0.0951 e. The summed E-state index contributed by atoms with van der Waals surface area (Å²) in [6, 6.07) is 0. The van der Waals surface area contributed by atoms with Crippen LogP contribution in [0.1, 0.15) is 19.8 Å². The predicted octanol–water partition coefficient (Wildman–Crippen LogP) is -0.518. The lowest BCUT2D eigenvalue weighted by Crippen LogP contribution is -2.53. The van der Waals surface area contributed by atoms with Crippen LogP contribution in [0.25, 0.3) is 0 Å². The quantitative estimate of drug-likeness (QED) is 0.465. The van der Waals surface area contributed by atoms with Crippen molar-refractivity contribution in [3.63, 3.8) is 0 Å². The summed E-state index contributed by atoms with van der Waals surface area (Å²) in [4.78, 5) is 0. The van der Waals surface area contributed by atoms with Crippen LogP contribution >= 0.6 is 0 Å². The summed E-state index contributed by atoms with van der Waals surface area (Å²) in [7, 11) is 0. The summed E-state index contributed by atoms with van der Waals surface area (Å²) in [6.45, 7) is 3.22. The molecule has 1 rings (SSSR count). The SMILES string of the molecule is CC[C@]1(O)CCNC[C@H]1O. The predicted molar refractivity (Wildman–Crippen MR) is 38.7 cm³/mol. The second-order valence-electron chi connectivity index (χ2n) is 2.93. The van der Waals surface area contributed by atoms with Gasteiger partial charge in [-0.05, 0) is 19.4 Å². The summed E-state index contributed by atoms with van der Waals surface area (Å²) >= 11 is 0. The lowest BCUT2D eigenvalue weighted by atomic mass is 9.87. The zero-order chi connectivity index (χ0) is 7.61. The Morgan fingerprint density at radius 1 is 1.70 bits per heavy atom. The van der Waals surface area contributed by atoms with E-state index in [1.807, 2.05) is 6.92 Å². The minimum absolute atomic E-state index is 0.518. The van der Waals surface area contributed by atoms with Gasteiger partial charge in [-0.2, -0.15) is 0 Å². The van der Waals surface area contributed by atoms with Crippen molar-refractivity contribution < 1.29 is 10.2 Å². The van der Waals surface area contributed by atoms with Gasteiger partial charge in [-0.15, -0.1) is 0 Å². The van der Waals surface area contributed by atoms with Gasteiger partial charge < -0.3 is 15.5 Å². The Bertz CT molecular complexity index is 118. The number of rotatable bonds is 1. The average Bonchev–Trinajstić information content (AvgIpc) is 1.96. The highest BCUT2D eigenvalue weighted by Gasteiger charge is 2.35. The van der Waals surface area contributed by atoms with E-state index in [9.17, 15) is 10.2 Å². The first kappa shape index (κ1) is 7.98. The topological polar surface area (TPSA) is 52.5 Å². The number of aliphatic hydroxyl groups excluding tert-OH is 1. The summed E-state index contributed by atoms with van der Waals surface area (Å²) in [5.41, 5.74) is -0.828. The zero-order valence-corrected chi connectivity index (χ0v) is 6.30. The number of nitrogens with one attached hydrogen (secondary N) is 1. The molecule has 10 heavy (non-hydrogen) atoms. The number of hydrogen-bond donors (Lipinski definition) is 3. The lowest BCUT2D eigenvalue weighted by molar-refractivity contribution is -0.0937. The van der Waals surface area contributed by atoms with Gasteiger partial charge in [0.25, 0.3) is 0 Å². The molecule has 0 bridgehead atoms. The van der Waals surface area contributed by atoms with Crippen molar-refractivity contribution in [3.05, 3.63) is 0 Å². The minimum Gasteiger partial charge on any atom is -0.389 e. The second kappa shape index (κ2) is 2.86. The van der Waals surface area contributed by atoms with E-state index in [-0.39, 0.29) is 0 Å². The summed E-state index contributed by atoms with van der Waals surface area (Å²) in [6.07, 6.45) is 0.701. The van der Waals surface area contributed by atoms with Crippen molar-refractivity contribution in [2.24, 2.45) is 0 Å². The molecule has 1 heterocycles. The first-order valence-corrected chi connectivity index (χ1v) is 3.80. The summed E-state index contributed by atoms with van der Waals surface area (Å²) in [5.74, 6) is 0. The van der Waals surface area contributed by atoms with Gasteiger partial charge in [0.2, 0.25) is 0 Å². The molecule has 1 aliphatic heterocycles. The highest BCUT2D eigenvalue weighted by Crippen LogP contribution is 2.21. The van der Waals surface area contributed by atoms with Crippen molar-refractivity contribution in [2.45, 2.75) is 31.5 Å². The Kier molecular flexibility index (Phi) is 2.28. The number of hydrogen-bond acceptors (Lipinski definition) is 3. The van der Waals surface area contributed by atoms with Gasteiger partial charge in [-0.1, -0.05) is 6.92 Å². The van der Waals surface area contributed by atoms with Gasteiger partial charge in [-0.25, -0.2) is 0 Å². The highest BCUT2D eigenvalue weighted by molar-refractivity contribution is 4.90. The Hall–Kier alpha value is -0.120. The van der Waals surface area contributed by atoms with Gasteiger partial charge in [0.05, 0.1) is 11.7 Å². The first-order valence-electron chi connectivity index (χ1n) is 3.80. The molecule has 0 spiro atoms. The zero-order valence-electron chi connectivity index (χ0n) is 6.30. The van der Waals surface area contributed by atoms with Crippen molar-refractivity contribution in [2.75, 3.05) is 13.1 Å². The molecule has 0 aromatic carbocycles. The number of piperidine rings is 1. The van der Waals surface area contributed by atoms with Crippen LogP contribution in [-0.2, 0) is 0 Å². The third-order valence-corrected chi connectivity index (χ3v) is 2.30. The molecule has 3 nitrogen and oxygen atoms in total. The average molecular weight is 145 g/mol. The fourth-order valence-corrected chi connectivity index (χ4v) is 1.31. The van der Waals surface area contributed by atoms with Gasteiger partial charge in [0.1, 0.15) is 0 Å². The van der Waals surface area contributed by atoms with Crippen molar-refractivity contribution in [1.29, 1.82) is 0 Å². The fraction of sp³-hybridized carbons (Fsp3) is 1.00. The van der Waals surface area contributed by atoms with E-state index in [0.717, 1.165) is 6.54 Å². The molecule has 0 amide bonds. The molecule has 0 aromatic rings. The van der Waals surface area contributed by atoms with Gasteiger partial charge in [-0.3, -0.25) is 0 Å². The highest BCUT2D eigenvalue weighted by atomic mass is 16.3. The molecule has 3 N–H and O–H groups in total. The van der Waals surface area contributed by atoms with Gasteiger partial charge >= 0.3 is 0 Å². The molecule has 2 atom stereocenters. The van der Waals surface area contributed by atoms with E-state index in [1.54, 1.807) is 0 Å². The number of aliphatic hydroxyl groups is 2. The van der Waals surface area contributed by atoms with Gasteiger partial charge in [0.15, 0.2) is 0 Å². The molecule has 0 radical (unpaired) electrons. The third-order valence-electron chi connectivity index (χ3n) is 2.30. The monoisotopic (exact) mass is 145 g/mol. The molecule has 1 saturated heterocycles. The molecule has 1 aliphatic rings. The Balaban J connectivity index is 2.54. The van der Waals surface area contributed by atoms with E-state index >= 15 is 0 Å². The van der Waals surface area contributed by atoms with Gasteiger partial charge in [0, 0.05) is 6.54 Å². The normalized spacial score (nSPS) is 41.7. The van der Waals surface area contributed by atoms with Crippen LogP contribution in [0.4, 0.5) is 0 Å². The molecule has 0 aromatic heterocycles. The molecule has 0 aliphatic carbocycles. The first-order chi connectivity index (χ1) is 4.69. The van der Waals surface area contributed by atoms with Crippen LogP contribution in [0.2, 0.25) is 0 Å². The van der Waals surface area contributed by atoms with Crippen LogP contribution in [0.15, 0.2) is 0 Å². The van der Waals surface area contributed by atoms with Crippen molar-refractivity contribution in [3.8, 4) is 0 Å². The largest absolute Gasteiger partial charge is 0.389 e. The molecular formula is C7H15NO2. The molecule has 0 unspecified atom stereocenters. The minimum atomic E-state index is -0.828. The molecular weight excluding hydrogens is 130 g/mol. The Labute approximate surface area is 61.1 Å².